The molecule has 1 aromatic carbocycles. The second kappa shape index (κ2) is 6.91. The second-order valence-electron chi connectivity index (χ2n) is 3.97. The van der Waals surface area contributed by atoms with Crippen LogP contribution in [0.4, 0.5) is 17.6 Å². The van der Waals surface area contributed by atoms with Gasteiger partial charge in [-0.2, -0.15) is 15.0 Å². The van der Waals surface area contributed by atoms with Crippen LogP contribution in [0.25, 0.3) is 0 Å². The Morgan fingerprint density at radius 3 is 2.60 bits per heavy atom. The predicted octanol–water partition coefficient (Wildman–Crippen LogP) is 3.10. The summed E-state index contributed by atoms with van der Waals surface area (Å²) < 4.78 is 5.43. The van der Waals surface area contributed by atoms with Crippen molar-refractivity contribution in [2.75, 3.05) is 24.3 Å². The molecule has 0 amide bonds. The Kier molecular flexibility index (Phi) is 4.95. The summed E-state index contributed by atoms with van der Waals surface area (Å²) in [6, 6.07) is 7.65. The molecule has 0 bridgehead atoms. The first-order valence-electron chi connectivity index (χ1n) is 6.31. The van der Waals surface area contributed by atoms with E-state index in [0.717, 1.165) is 12.1 Å². The van der Waals surface area contributed by atoms with Crippen molar-refractivity contribution in [2.45, 2.75) is 13.3 Å². The molecule has 0 saturated heterocycles. The molecule has 0 fully saturated rings. The van der Waals surface area contributed by atoms with Crippen LogP contribution in [-0.4, -0.2) is 28.6 Å². The van der Waals surface area contributed by atoms with E-state index in [1.165, 1.54) is 0 Å². The number of hydrogen-bond donors (Lipinski definition) is 2. The molecule has 1 aromatic heterocycles. The van der Waals surface area contributed by atoms with Gasteiger partial charge in [0.2, 0.25) is 11.9 Å². The van der Waals surface area contributed by atoms with Crippen molar-refractivity contribution in [3.8, 4) is 6.01 Å². The highest BCUT2D eigenvalue weighted by Gasteiger charge is 2.08. The van der Waals surface area contributed by atoms with Gasteiger partial charge in [0.25, 0.3) is 0 Å². The lowest BCUT2D eigenvalue weighted by molar-refractivity contribution is 0.292. The Morgan fingerprint density at radius 1 is 1.15 bits per heavy atom. The lowest BCUT2D eigenvalue weighted by atomic mass is 10.3. The zero-order chi connectivity index (χ0) is 14.4. The fourth-order valence-corrected chi connectivity index (χ4v) is 1.65. The number of benzene rings is 1. The Morgan fingerprint density at radius 2 is 1.90 bits per heavy atom. The molecular formula is C13H16ClN5O. The van der Waals surface area contributed by atoms with Gasteiger partial charge >= 0.3 is 6.01 Å². The van der Waals surface area contributed by atoms with E-state index < -0.39 is 0 Å². The number of para-hydroxylation sites is 1. The zero-order valence-corrected chi connectivity index (χ0v) is 12.1. The highest BCUT2D eigenvalue weighted by atomic mass is 35.5. The molecule has 6 nitrogen and oxygen atoms in total. The second-order valence-corrected chi connectivity index (χ2v) is 4.38. The first-order chi connectivity index (χ1) is 9.72. The molecule has 2 N–H and O–H groups in total. The van der Waals surface area contributed by atoms with E-state index in [1.807, 2.05) is 25.1 Å². The lowest BCUT2D eigenvalue weighted by Gasteiger charge is -2.09. The van der Waals surface area contributed by atoms with E-state index in [1.54, 1.807) is 13.1 Å². The van der Waals surface area contributed by atoms with Crippen LogP contribution in [0.2, 0.25) is 5.02 Å². The summed E-state index contributed by atoms with van der Waals surface area (Å²) >= 11 is 6.09. The van der Waals surface area contributed by atoms with E-state index in [4.69, 9.17) is 16.3 Å². The van der Waals surface area contributed by atoms with Gasteiger partial charge in [0.15, 0.2) is 0 Å². The number of hydrogen-bond acceptors (Lipinski definition) is 6. The maximum Gasteiger partial charge on any atom is 0.323 e. The molecule has 0 saturated carbocycles. The fourth-order valence-electron chi connectivity index (χ4n) is 1.47. The van der Waals surface area contributed by atoms with Crippen molar-refractivity contribution in [3.63, 3.8) is 0 Å². The Bertz CT molecular complexity index is 578. The molecule has 2 aromatic rings. The molecule has 0 atom stereocenters. The first kappa shape index (κ1) is 14.3. The van der Waals surface area contributed by atoms with Gasteiger partial charge in [-0.1, -0.05) is 30.7 Å². The van der Waals surface area contributed by atoms with Gasteiger partial charge in [-0.15, -0.1) is 0 Å². The molecule has 106 valence electrons. The molecule has 1 heterocycles. The van der Waals surface area contributed by atoms with Crippen molar-refractivity contribution in [1.82, 2.24) is 15.0 Å². The van der Waals surface area contributed by atoms with E-state index in [9.17, 15) is 0 Å². The van der Waals surface area contributed by atoms with Gasteiger partial charge in [-0.05, 0) is 18.6 Å². The average Bonchev–Trinajstić information content (AvgIpc) is 2.47. The summed E-state index contributed by atoms with van der Waals surface area (Å²) in [5.74, 6) is 0.809. The van der Waals surface area contributed by atoms with Gasteiger partial charge in [0.05, 0.1) is 17.3 Å². The van der Waals surface area contributed by atoms with Crippen LogP contribution in [0.3, 0.4) is 0 Å². The quantitative estimate of drug-likeness (QED) is 0.853. The number of anilines is 3. The van der Waals surface area contributed by atoms with Crippen LogP contribution in [-0.2, 0) is 0 Å². The normalized spacial score (nSPS) is 10.2. The molecule has 2 rings (SSSR count). The van der Waals surface area contributed by atoms with Crippen LogP contribution in [0.15, 0.2) is 24.3 Å². The Labute approximate surface area is 122 Å². The predicted molar refractivity (Wildman–Crippen MR) is 79.9 cm³/mol. The summed E-state index contributed by atoms with van der Waals surface area (Å²) in [5.41, 5.74) is 0.726. The van der Waals surface area contributed by atoms with E-state index in [0.29, 0.717) is 23.5 Å². The van der Waals surface area contributed by atoms with Crippen molar-refractivity contribution in [1.29, 1.82) is 0 Å². The van der Waals surface area contributed by atoms with Gasteiger partial charge in [0, 0.05) is 7.05 Å². The van der Waals surface area contributed by atoms with Crippen molar-refractivity contribution in [3.05, 3.63) is 29.3 Å². The number of aromatic nitrogens is 3. The molecule has 20 heavy (non-hydrogen) atoms. The Hall–Kier alpha value is -2.08. The maximum atomic E-state index is 6.09. The van der Waals surface area contributed by atoms with Crippen molar-refractivity contribution < 1.29 is 4.74 Å². The minimum atomic E-state index is 0.278. The summed E-state index contributed by atoms with van der Waals surface area (Å²) in [7, 11) is 1.73. The number of rotatable bonds is 6. The van der Waals surface area contributed by atoms with Crippen molar-refractivity contribution >= 4 is 29.2 Å². The fraction of sp³-hybridized carbons (Fsp3) is 0.308. The lowest BCUT2D eigenvalue weighted by Crippen LogP contribution is -2.07. The molecule has 0 aliphatic rings. The molecule has 0 unspecified atom stereocenters. The SMILES string of the molecule is CCCOc1nc(NC)nc(Nc2ccccc2Cl)n1. The third-order valence-corrected chi connectivity index (χ3v) is 2.72. The van der Waals surface area contributed by atoms with Crippen LogP contribution in [0.1, 0.15) is 13.3 Å². The maximum absolute atomic E-state index is 6.09. The largest absolute Gasteiger partial charge is 0.463 e. The highest BCUT2D eigenvalue weighted by molar-refractivity contribution is 6.33. The van der Waals surface area contributed by atoms with Crippen LogP contribution < -0.4 is 15.4 Å². The van der Waals surface area contributed by atoms with Gasteiger partial charge in [0.1, 0.15) is 0 Å². The summed E-state index contributed by atoms with van der Waals surface area (Å²) in [6.45, 7) is 2.57. The summed E-state index contributed by atoms with van der Waals surface area (Å²) in [4.78, 5) is 12.5. The average molecular weight is 294 g/mol. The molecule has 0 spiro atoms. The van der Waals surface area contributed by atoms with Gasteiger partial charge in [-0.25, -0.2) is 0 Å². The third kappa shape index (κ3) is 3.71. The highest BCUT2D eigenvalue weighted by Crippen LogP contribution is 2.24. The van der Waals surface area contributed by atoms with Crippen molar-refractivity contribution in [2.24, 2.45) is 0 Å². The number of nitrogens with one attached hydrogen (secondary N) is 2. The summed E-state index contributed by atoms with van der Waals surface area (Å²) in [5, 5.41) is 6.51. The number of ether oxygens (including phenoxy) is 1. The molecule has 0 radical (unpaired) electrons. The molecule has 7 heteroatoms. The minimum Gasteiger partial charge on any atom is -0.463 e. The zero-order valence-electron chi connectivity index (χ0n) is 11.4. The van der Waals surface area contributed by atoms with Gasteiger partial charge in [-0.3, -0.25) is 0 Å². The minimum absolute atomic E-state index is 0.278. The topological polar surface area (TPSA) is 72.0 Å². The number of nitrogens with zero attached hydrogens (tertiary/aromatic N) is 3. The van der Waals surface area contributed by atoms with E-state index in [-0.39, 0.29) is 6.01 Å². The standard InChI is InChI=1S/C13H16ClN5O/c1-3-8-20-13-18-11(15-2)17-12(19-13)16-10-7-5-4-6-9(10)14/h4-7H,3,8H2,1-2H3,(H2,15,16,17,18,19). The van der Waals surface area contributed by atoms with Crippen LogP contribution >= 0.6 is 11.6 Å². The van der Waals surface area contributed by atoms with Gasteiger partial charge < -0.3 is 15.4 Å². The molecule has 0 aliphatic heterocycles. The Balaban J connectivity index is 2.24. The smallest absolute Gasteiger partial charge is 0.323 e. The monoisotopic (exact) mass is 293 g/mol. The number of halogens is 1. The van der Waals surface area contributed by atoms with E-state index in [2.05, 4.69) is 25.6 Å². The molecule has 0 aliphatic carbocycles. The van der Waals surface area contributed by atoms with Crippen LogP contribution in [0.5, 0.6) is 6.01 Å². The molecular weight excluding hydrogens is 278 g/mol. The van der Waals surface area contributed by atoms with Crippen LogP contribution in [0, 0.1) is 0 Å². The first-order valence-corrected chi connectivity index (χ1v) is 6.69. The van der Waals surface area contributed by atoms with E-state index >= 15 is 0 Å². The third-order valence-electron chi connectivity index (χ3n) is 2.39. The summed E-state index contributed by atoms with van der Waals surface area (Å²) in [6.07, 6.45) is 0.883.